The van der Waals surface area contributed by atoms with Crippen LogP contribution < -0.4 is 4.90 Å². The molecular weight excluding hydrogens is 234 g/mol. The molecule has 0 unspecified atom stereocenters. The summed E-state index contributed by atoms with van der Waals surface area (Å²) in [7, 11) is 0. The minimum Gasteiger partial charge on any atom is -0.395 e. The molecule has 5 heteroatoms. The lowest BCUT2D eigenvalue weighted by Crippen LogP contribution is -2.27. The van der Waals surface area contributed by atoms with Crippen LogP contribution >= 0.6 is 11.3 Å². The predicted molar refractivity (Wildman–Crippen MR) is 71.6 cm³/mol. The van der Waals surface area contributed by atoms with Gasteiger partial charge in [0.15, 0.2) is 0 Å². The van der Waals surface area contributed by atoms with Crippen molar-refractivity contribution in [3.05, 3.63) is 29.9 Å². The Balaban J connectivity index is 2.48. The van der Waals surface area contributed by atoms with Gasteiger partial charge < -0.3 is 10.0 Å². The van der Waals surface area contributed by atoms with Crippen LogP contribution in [0.2, 0.25) is 0 Å². The highest BCUT2D eigenvalue weighted by molar-refractivity contribution is 7.18. The highest BCUT2D eigenvalue weighted by Crippen LogP contribution is 2.30. The summed E-state index contributed by atoms with van der Waals surface area (Å²) in [5.74, 6) is 0.877. The van der Waals surface area contributed by atoms with Gasteiger partial charge >= 0.3 is 0 Å². The first kappa shape index (κ1) is 12.0. The van der Waals surface area contributed by atoms with Crippen LogP contribution in [0.3, 0.4) is 0 Å². The van der Waals surface area contributed by atoms with E-state index in [9.17, 15) is 0 Å². The highest BCUT2D eigenvalue weighted by atomic mass is 32.1. The second kappa shape index (κ2) is 5.25. The molecule has 0 aromatic carbocycles. The van der Waals surface area contributed by atoms with Crippen LogP contribution in [0, 0.1) is 6.92 Å². The largest absolute Gasteiger partial charge is 0.395 e. The summed E-state index contributed by atoms with van der Waals surface area (Å²) in [5.41, 5.74) is 2.16. The fourth-order valence-electron chi connectivity index (χ4n) is 1.74. The van der Waals surface area contributed by atoms with Gasteiger partial charge in [-0.1, -0.05) is 6.08 Å². The summed E-state index contributed by atoms with van der Waals surface area (Å²) < 4.78 is 1.07. The maximum atomic E-state index is 9.09. The zero-order valence-corrected chi connectivity index (χ0v) is 10.6. The van der Waals surface area contributed by atoms with Crippen LogP contribution in [0.1, 0.15) is 5.56 Å². The topological polar surface area (TPSA) is 49.2 Å². The maximum Gasteiger partial charge on any atom is 0.150 e. The SMILES string of the molecule is C=CCN(CCO)c1ncnc2c(C)csc12. The third kappa shape index (κ3) is 2.30. The Bertz CT molecular complexity index is 523. The number of thiophene rings is 1. The van der Waals surface area contributed by atoms with Crippen LogP contribution in [0.25, 0.3) is 10.2 Å². The molecule has 0 saturated heterocycles. The first-order chi connectivity index (χ1) is 8.27. The van der Waals surface area contributed by atoms with Gasteiger partial charge in [0.2, 0.25) is 0 Å². The maximum absolute atomic E-state index is 9.09. The van der Waals surface area contributed by atoms with Gasteiger partial charge in [-0.05, 0) is 17.9 Å². The molecule has 2 heterocycles. The van der Waals surface area contributed by atoms with Crippen LogP contribution in [0.5, 0.6) is 0 Å². The van der Waals surface area contributed by atoms with E-state index in [0.717, 1.165) is 21.6 Å². The summed E-state index contributed by atoms with van der Waals surface area (Å²) >= 11 is 1.64. The summed E-state index contributed by atoms with van der Waals surface area (Å²) in [6.45, 7) is 7.09. The molecule has 0 aliphatic heterocycles. The number of aromatic nitrogens is 2. The number of nitrogens with zero attached hydrogens (tertiary/aromatic N) is 3. The van der Waals surface area contributed by atoms with E-state index in [-0.39, 0.29) is 6.61 Å². The summed E-state index contributed by atoms with van der Waals surface area (Å²) in [4.78, 5) is 10.6. The van der Waals surface area contributed by atoms with Crippen molar-refractivity contribution in [1.29, 1.82) is 0 Å². The molecule has 0 radical (unpaired) electrons. The normalized spacial score (nSPS) is 10.7. The fourth-order valence-corrected chi connectivity index (χ4v) is 2.76. The summed E-state index contributed by atoms with van der Waals surface area (Å²) in [6, 6.07) is 0. The average molecular weight is 249 g/mol. The molecule has 2 aromatic rings. The van der Waals surface area contributed by atoms with Gasteiger partial charge in [-0.15, -0.1) is 17.9 Å². The lowest BCUT2D eigenvalue weighted by Gasteiger charge is -2.21. The molecule has 0 fully saturated rings. The van der Waals surface area contributed by atoms with Gasteiger partial charge in [-0.2, -0.15) is 0 Å². The lowest BCUT2D eigenvalue weighted by atomic mass is 10.3. The van der Waals surface area contributed by atoms with Gasteiger partial charge in [-0.25, -0.2) is 9.97 Å². The van der Waals surface area contributed by atoms with E-state index in [1.54, 1.807) is 17.7 Å². The molecule has 90 valence electrons. The van der Waals surface area contributed by atoms with Crippen molar-refractivity contribution in [2.24, 2.45) is 0 Å². The molecule has 0 atom stereocenters. The second-order valence-corrected chi connectivity index (χ2v) is 4.63. The van der Waals surface area contributed by atoms with E-state index in [1.807, 2.05) is 17.9 Å². The van der Waals surface area contributed by atoms with Gasteiger partial charge in [0.25, 0.3) is 0 Å². The van der Waals surface area contributed by atoms with Crippen molar-refractivity contribution in [2.75, 3.05) is 24.6 Å². The minimum atomic E-state index is 0.101. The Labute approximate surface area is 104 Å². The Kier molecular flexibility index (Phi) is 3.71. The quantitative estimate of drug-likeness (QED) is 0.823. The van der Waals surface area contributed by atoms with Crippen molar-refractivity contribution in [2.45, 2.75) is 6.92 Å². The smallest absolute Gasteiger partial charge is 0.150 e. The number of aliphatic hydroxyl groups excluding tert-OH is 1. The van der Waals surface area contributed by atoms with E-state index < -0.39 is 0 Å². The Morgan fingerprint density at radius 3 is 3.06 bits per heavy atom. The molecule has 2 rings (SSSR count). The molecule has 0 aliphatic carbocycles. The summed E-state index contributed by atoms with van der Waals surface area (Å²) in [5, 5.41) is 11.2. The van der Waals surface area contributed by atoms with Gasteiger partial charge in [0.05, 0.1) is 16.8 Å². The van der Waals surface area contributed by atoms with Crippen LogP contribution in [0.15, 0.2) is 24.4 Å². The third-order valence-electron chi connectivity index (χ3n) is 2.53. The number of anilines is 1. The number of rotatable bonds is 5. The standard InChI is InChI=1S/C12H15N3OS/c1-3-4-15(5-6-16)12-11-10(13-8-14-12)9(2)7-17-11/h3,7-8,16H,1,4-6H2,2H3. The first-order valence-corrected chi connectivity index (χ1v) is 6.31. The highest BCUT2D eigenvalue weighted by Gasteiger charge is 2.13. The molecule has 0 aliphatic rings. The van der Waals surface area contributed by atoms with Gasteiger partial charge in [0, 0.05) is 13.1 Å². The van der Waals surface area contributed by atoms with E-state index in [1.165, 1.54) is 0 Å². The first-order valence-electron chi connectivity index (χ1n) is 5.43. The Morgan fingerprint density at radius 2 is 2.35 bits per heavy atom. The lowest BCUT2D eigenvalue weighted by molar-refractivity contribution is 0.303. The van der Waals surface area contributed by atoms with E-state index in [0.29, 0.717) is 13.1 Å². The fraction of sp³-hybridized carbons (Fsp3) is 0.333. The Hall–Kier alpha value is -1.46. The average Bonchev–Trinajstić information content (AvgIpc) is 2.71. The molecular formula is C12H15N3OS. The van der Waals surface area contributed by atoms with Crippen molar-refractivity contribution < 1.29 is 5.11 Å². The molecule has 4 nitrogen and oxygen atoms in total. The van der Waals surface area contributed by atoms with Crippen LogP contribution in [-0.2, 0) is 0 Å². The number of aliphatic hydroxyl groups is 1. The van der Waals surface area contributed by atoms with E-state index in [4.69, 9.17) is 5.11 Å². The number of hydrogen-bond donors (Lipinski definition) is 1. The van der Waals surface area contributed by atoms with E-state index >= 15 is 0 Å². The van der Waals surface area contributed by atoms with Crippen molar-refractivity contribution >= 4 is 27.4 Å². The molecule has 0 spiro atoms. The zero-order valence-electron chi connectivity index (χ0n) is 9.76. The van der Waals surface area contributed by atoms with Gasteiger partial charge in [-0.3, -0.25) is 0 Å². The minimum absolute atomic E-state index is 0.101. The predicted octanol–water partition coefficient (Wildman–Crippen LogP) is 1.98. The molecule has 1 N–H and O–H groups in total. The van der Waals surface area contributed by atoms with Crippen molar-refractivity contribution in [3.63, 3.8) is 0 Å². The van der Waals surface area contributed by atoms with Crippen molar-refractivity contribution in [3.8, 4) is 0 Å². The van der Waals surface area contributed by atoms with Crippen LogP contribution in [0.4, 0.5) is 5.82 Å². The Morgan fingerprint density at radius 1 is 1.53 bits per heavy atom. The second-order valence-electron chi connectivity index (χ2n) is 3.75. The monoisotopic (exact) mass is 249 g/mol. The zero-order chi connectivity index (χ0) is 12.3. The third-order valence-corrected chi connectivity index (χ3v) is 3.61. The van der Waals surface area contributed by atoms with Gasteiger partial charge in [0.1, 0.15) is 12.1 Å². The number of fused-ring (bicyclic) bond motifs is 1. The summed E-state index contributed by atoms with van der Waals surface area (Å²) in [6.07, 6.45) is 3.38. The number of hydrogen-bond acceptors (Lipinski definition) is 5. The van der Waals surface area contributed by atoms with E-state index in [2.05, 4.69) is 21.9 Å². The van der Waals surface area contributed by atoms with Crippen LogP contribution in [-0.4, -0.2) is 34.8 Å². The molecule has 2 aromatic heterocycles. The molecule has 0 bridgehead atoms. The molecule has 0 amide bonds. The number of aryl methyl sites for hydroxylation is 1. The molecule has 0 saturated carbocycles. The van der Waals surface area contributed by atoms with Crippen molar-refractivity contribution in [1.82, 2.24) is 9.97 Å². The molecule has 17 heavy (non-hydrogen) atoms.